The van der Waals surface area contributed by atoms with E-state index in [2.05, 4.69) is 20.8 Å². The molecule has 44 heavy (non-hydrogen) atoms. The molecular formula is C32H47N5O6S. The van der Waals surface area contributed by atoms with Crippen molar-refractivity contribution in [3.05, 3.63) is 42.5 Å². The van der Waals surface area contributed by atoms with Crippen molar-refractivity contribution in [2.24, 2.45) is 17.8 Å². The van der Waals surface area contributed by atoms with Crippen LogP contribution in [0.4, 0.5) is 0 Å². The molecular weight excluding hydrogens is 582 g/mol. The number of hydrazine groups is 1. The lowest BCUT2D eigenvalue weighted by molar-refractivity contribution is -0.152. The van der Waals surface area contributed by atoms with E-state index in [0.29, 0.717) is 40.5 Å². The Balaban J connectivity index is 1.48. The molecule has 2 fully saturated rings. The number of piperidine rings is 2. The number of sulfonamides is 1. The molecule has 2 aliphatic rings. The summed E-state index contributed by atoms with van der Waals surface area (Å²) in [6, 6.07) is 8.97. The molecule has 12 heteroatoms. The topological polar surface area (TPSA) is 157 Å². The van der Waals surface area contributed by atoms with Crippen LogP contribution in [0.1, 0.15) is 65.2 Å². The molecule has 242 valence electrons. The number of carbonyl (C=O) groups excluding carboxylic acids is 2. The number of hydrogen-bond acceptors (Lipinski definition) is 7. The second-order valence-corrected chi connectivity index (χ2v) is 13.9. The van der Waals surface area contributed by atoms with Gasteiger partial charge in [-0.3, -0.25) is 9.59 Å². The molecule has 2 saturated heterocycles. The zero-order chi connectivity index (χ0) is 31.7. The molecule has 2 aromatic carbocycles. The Morgan fingerprint density at radius 2 is 1.43 bits per heavy atom. The van der Waals surface area contributed by atoms with E-state index >= 15 is 0 Å². The van der Waals surface area contributed by atoms with Crippen molar-refractivity contribution in [2.75, 3.05) is 26.2 Å². The number of hydrogen-bond donors (Lipinski definition) is 5. The van der Waals surface area contributed by atoms with Gasteiger partial charge in [-0.15, -0.1) is 4.83 Å². The fourth-order valence-corrected chi connectivity index (χ4v) is 7.60. The number of carboxylic acids is 1. The molecule has 0 aliphatic carbocycles. The molecule has 2 unspecified atom stereocenters. The van der Waals surface area contributed by atoms with Crippen molar-refractivity contribution in [3.8, 4) is 0 Å². The highest BCUT2D eigenvalue weighted by Crippen LogP contribution is 2.27. The molecule has 5 N–H and O–H groups in total. The Hall–Kier alpha value is -3.06. The van der Waals surface area contributed by atoms with Crippen molar-refractivity contribution in [2.45, 2.75) is 82.2 Å². The molecule has 0 aromatic heterocycles. The maximum Gasteiger partial charge on any atom is 0.327 e. The first-order valence-electron chi connectivity index (χ1n) is 15.8. The van der Waals surface area contributed by atoms with Crippen LogP contribution in [0.5, 0.6) is 0 Å². The zero-order valence-electron chi connectivity index (χ0n) is 25.8. The van der Waals surface area contributed by atoms with Crippen LogP contribution < -0.4 is 20.8 Å². The van der Waals surface area contributed by atoms with Crippen LogP contribution in [-0.4, -0.2) is 74.6 Å². The summed E-state index contributed by atoms with van der Waals surface area (Å²) in [6.45, 7) is 6.61. The molecule has 11 nitrogen and oxygen atoms in total. The van der Waals surface area contributed by atoms with Gasteiger partial charge in [-0.25, -0.2) is 18.2 Å². The number of aliphatic carboxylic acids is 1. The highest BCUT2D eigenvalue weighted by Gasteiger charge is 2.35. The third kappa shape index (κ3) is 8.99. The van der Waals surface area contributed by atoms with Gasteiger partial charge in [0.05, 0.1) is 4.90 Å². The third-order valence-electron chi connectivity index (χ3n) is 9.10. The molecule has 4 rings (SSSR count). The molecule has 2 amide bonds. The minimum atomic E-state index is -4.36. The van der Waals surface area contributed by atoms with Gasteiger partial charge in [0, 0.05) is 11.3 Å². The van der Waals surface area contributed by atoms with Gasteiger partial charge in [0.2, 0.25) is 5.91 Å². The fraction of sp³-hybridized carbons (Fsp3) is 0.594. The van der Waals surface area contributed by atoms with Crippen molar-refractivity contribution in [3.63, 3.8) is 0 Å². The summed E-state index contributed by atoms with van der Waals surface area (Å²) in [5.74, 6) is -1.67. The predicted molar refractivity (Wildman–Crippen MR) is 169 cm³/mol. The lowest BCUT2D eigenvalue weighted by Gasteiger charge is -2.31. The summed E-state index contributed by atoms with van der Waals surface area (Å²) in [5.41, 5.74) is 0. The van der Waals surface area contributed by atoms with Crippen LogP contribution in [0.25, 0.3) is 10.8 Å². The lowest BCUT2D eigenvalue weighted by atomic mass is 9.84. The number of amides is 2. The number of carboxylic acid groups (broad SMARTS) is 1. The fourth-order valence-electron chi connectivity index (χ4n) is 6.26. The van der Waals surface area contributed by atoms with Gasteiger partial charge >= 0.3 is 5.97 Å². The molecule has 2 aliphatic heterocycles. The largest absolute Gasteiger partial charge is 0.480 e. The normalized spacial score (nSPS) is 18.2. The Bertz CT molecular complexity index is 1360. The highest BCUT2D eigenvalue weighted by molar-refractivity contribution is 7.89. The maximum atomic E-state index is 13.6. The SMILES string of the molecule is CC(NC(=O)C(CCC1CCNCC1)CCC1CCNCC1)C(=O)N(NS(=O)(=O)c1cccc2ccccc12)C(C)C(=O)O. The van der Waals surface area contributed by atoms with E-state index in [1.54, 1.807) is 36.4 Å². The summed E-state index contributed by atoms with van der Waals surface area (Å²) < 4.78 is 27.0. The van der Waals surface area contributed by atoms with Crippen LogP contribution in [0.3, 0.4) is 0 Å². The minimum Gasteiger partial charge on any atom is -0.480 e. The minimum absolute atomic E-state index is 0.0847. The van der Waals surface area contributed by atoms with E-state index in [4.69, 9.17) is 0 Å². The van der Waals surface area contributed by atoms with Gasteiger partial charge in [0.1, 0.15) is 12.1 Å². The second kappa shape index (κ2) is 15.8. The zero-order valence-corrected chi connectivity index (χ0v) is 26.6. The monoisotopic (exact) mass is 629 g/mol. The summed E-state index contributed by atoms with van der Waals surface area (Å²) in [5, 5.41) is 21.0. The average molecular weight is 630 g/mol. The van der Waals surface area contributed by atoms with Crippen molar-refractivity contribution < 1.29 is 27.9 Å². The molecule has 2 atom stereocenters. The van der Waals surface area contributed by atoms with Gasteiger partial charge in [-0.2, -0.15) is 0 Å². The van der Waals surface area contributed by atoms with Crippen LogP contribution in [0.15, 0.2) is 47.4 Å². The van der Waals surface area contributed by atoms with Gasteiger partial charge in [0.15, 0.2) is 0 Å². The summed E-state index contributed by atoms with van der Waals surface area (Å²) in [4.78, 5) is 41.4. The maximum absolute atomic E-state index is 13.6. The lowest BCUT2D eigenvalue weighted by Crippen LogP contribution is -2.59. The first-order valence-corrected chi connectivity index (χ1v) is 17.3. The number of fused-ring (bicyclic) bond motifs is 1. The van der Waals surface area contributed by atoms with Crippen LogP contribution in [-0.2, 0) is 24.4 Å². The van der Waals surface area contributed by atoms with Gasteiger partial charge in [0.25, 0.3) is 15.9 Å². The molecule has 2 aromatic rings. The number of nitrogens with one attached hydrogen (secondary N) is 4. The first kappa shape index (κ1) is 33.8. The molecule has 0 bridgehead atoms. The Kier molecular flexibility index (Phi) is 12.1. The summed E-state index contributed by atoms with van der Waals surface area (Å²) in [6.07, 6.45) is 7.61. The predicted octanol–water partition coefficient (Wildman–Crippen LogP) is 3.02. The van der Waals surface area contributed by atoms with E-state index in [0.717, 1.165) is 64.7 Å². The number of benzene rings is 2. The molecule has 0 saturated carbocycles. The third-order valence-corrected chi connectivity index (χ3v) is 10.5. The molecule has 2 heterocycles. The molecule has 0 spiro atoms. The first-order chi connectivity index (χ1) is 21.1. The average Bonchev–Trinajstić information content (AvgIpc) is 3.03. The van der Waals surface area contributed by atoms with Gasteiger partial charge in [-0.1, -0.05) is 36.4 Å². The van der Waals surface area contributed by atoms with E-state index < -0.39 is 34.0 Å². The van der Waals surface area contributed by atoms with E-state index in [1.807, 2.05) is 0 Å². The number of nitrogens with zero attached hydrogens (tertiary/aromatic N) is 1. The quantitative estimate of drug-likeness (QED) is 0.200. The van der Waals surface area contributed by atoms with Crippen molar-refractivity contribution in [1.82, 2.24) is 25.8 Å². The highest BCUT2D eigenvalue weighted by atomic mass is 32.2. The van der Waals surface area contributed by atoms with Crippen LogP contribution >= 0.6 is 0 Å². The van der Waals surface area contributed by atoms with E-state index in [1.165, 1.54) is 19.9 Å². The van der Waals surface area contributed by atoms with Crippen molar-refractivity contribution in [1.29, 1.82) is 0 Å². The van der Waals surface area contributed by atoms with E-state index in [9.17, 15) is 27.9 Å². The number of rotatable bonds is 14. The number of carbonyl (C=O) groups is 3. The van der Waals surface area contributed by atoms with Crippen molar-refractivity contribution >= 4 is 38.6 Å². The van der Waals surface area contributed by atoms with Gasteiger partial charge in [-0.05, 0) is 115 Å². The smallest absolute Gasteiger partial charge is 0.327 e. The van der Waals surface area contributed by atoms with Crippen LogP contribution in [0.2, 0.25) is 0 Å². The Morgan fingerprint density at radius 3 is 2.00 bits per heavy atom. The Morgan fingerprint density at radius 1 is 0.886 bits per heavy atom. The standard InChI is InChI=1S/C32H47N5O6S/c1-22(35-30(38)27(12-10-24-14-18-33-19-15-24)13-11-25-16-20-34-21-17-25)31(39)37(23(2)32(40)41)36-44(42,43)29-9-5-7-26-6-3-4-8-28(26)29/h3-9,22-25,27,33-34,36H,10-21H2,1-2H3,(H,35,38)(H,40,41). The summed E-state index contributed by atoms with van der Waals surface area (Å²) in [7, 11) is -4.36. The van der Waals surface area contributed by atoms with Crippen LogP contribution in [0, 0.1) is 17.8 Å². The van der Waals surface area contributed by atoms with Gasteiger partial charge < -0.3 is 21.1 Å². The molecule has 0 radical (unpaired) electrons. The summed E-state index contributed by atoms with van der Waals surface area (Å²) >= 11 is 0. The second-order valence-electron chi connectivity index (χ2n) is 12.3. The van der Waals surface area contributed by atoms with E-state index in [-0.39, 0.29) is 16.7 Å². The Labute approximate surface area is 260 Å².